The zero-order valence-electron chi connectivity index (χ0n) is 31.1. The first kappa shape index (κ1) is 42.7. The van der Waals surface area contributed by atoms with Crippen molar-refractivity contribution in [2.24, 2.45) is 5.92 Å². The molecular weight excluding hydrogens is 686 g/mol. The van der Waals surface area contributed by atoms with Crippen LogP contribution in [0, 0.1) is 17.6 Å². The van der Waals surface area contributed by atoms with Crippen LogP contribution in [-0.4, -0.2) is 84.7 Å². The summed E-state index contributed by atoms with van der Waals surface area (Å²) in [4.78, 5) is 55.0. The average molecular weight is 739 g/mol. The molecule has 4 N–H and O–H groups in total. The molecule has 0 unspecified atom stereocenters. The molecule has 0 fully saturated rings. The summed E-state index contributed by atoms with van der Waals surface area (Å²) in [6.07, 6.45) is -1.45. The van der Waals surface area contributed by atoms with Crippen molar-refractivity contribution in [2.75, 3.05) is 26.8 Å². The van der Waals surface area contributed by atoms with Gasteiger partial charge in [0.15, 0.2) is 0 Å². The number of hydrogen-bond donors (Lipinski definition) is 4. The first-order valence-electron chi connectivity index (χ1n) is 17.9. The predicted molar refractivity (Wildman–Crippen MR) is 197 cm³/mol. The Morgan fingerprint density at radius 1 is 0.811 bits per heavy atom. The molecule has 0 saturated carbocycles. The summed E-state index contributed by atoms with van der Waals surface area (Å²) in [7, 11) is 1.28. The van der Waals surface area contributed by atoms with E-state index in [9.17, 15) is 33.1 Å². The standard InChI is InChI=1S/C40H52F2N4O7/c1-6-16-46(17-7-2)40(51)30-15-11-14-29(20-30)37(48)44-33(25-53-24-28-18-31(41)21-32(42)19-28)34(47)22-35(52-5)38(49)45-36(26(3)4)39(50)43-23-27-12-9-8-10-13-27/h8-15,18-21,26,33-36,47H,6-7,16-17,22-25H2,1-5H3,(H,43,50)(H,44,48)(H,45,49)/t33-,34-,35+,36-/m0/s1. The molecule has 0 radical (unpaired) electrons. The van der Waals surface area contributed by atoms with E-state index in [0.29, 0.717) is 18.7 Å². The molecule has 3 aromatic rings. The minimum Gasteiger partial charge on any atom is -0.391 e. The van der Waals surface area contributed by atoms with Crippen LogP contribution in [0.15, 0.2) is 72.8 Å². The van der Waals surface area contributed by atoms with Gasteiger partial charge in [-0.05, 0) is 60.2 Å². The number of halogens is 2. The molecule has 13 heteroatoms. The van der Waals surface area contributed by atoms with Crippen molar-refractivity contribution in [3.05, 3.63) is 107 Å². The van der Waals surface area contributed by atoms with Gasteiger partial charge in [0.25, 0.3) is 11.8 Å². The van der Waals surface area contributed by atoms with Gasteiger partial charge in [-0.25, -0.2) is 8.78 Å². The van der Waals surface area contributed by atoms with E-state index in [-0.39, 0.29) is 49.1 Å². The fourth-order valence-electron chi connectivity index (χ4n) is 5.70. The van der Waals surface area contributed by atoms with Crippen molar-refractivity contribution in [3.8, 4) is 0 Å². The number of aliphatic hydroxyl groups is 1. The number of rotatable bonds is 21. The molecule has 0 saturated heterocycles. The zero-order chi connectivity index (χ0) is 38.9. The highest BCUT2D eigenvalue weighted by Crippen LogP contribution is 2.15. The van der Waals surface area contributed by atoms with Gasteiger partial charge >= 0.3 is 0 Å². The van der Waals surface area contributed by atoms with E-state index in [1.54, 1.807) is 30.9 Å². The first-order valence-corrected chi connectivity index (χ1v) is 17.9. The number of amides is 4. The second-order valence-electron chi connectivity index (χ2n) is 13.2. The smallest absolute Gasteiger partial charge is 0.253 e. The van der Waals surface area contributed by atoms with Crippen LogP contribution in [0.1, 0.15) is 78.8 Å². The number of benzene rings is 3. The maximum Gasteiger partial charge on any atom is 0.253 e. The van der Waals surface area contributed by atoms with Gasteiger partial charge in [-0.3, -0.25) is 19.2 Å². The first-order chi connectivity index (χ1) is 25.4. The zero-order valence-corrected chi connectivity index (χ0v) is 31.1. The second-order valence-corrected chi connectivity index (χ2v) is 13.2. The van der Waals surface area contributed by atoms with Gasteiger partial charge in [0.05, 0.1) is 25.4 Å². The fourth-order valence-corrected chi connectivity index (χ4v) is 5.70. The summed E-state index contributed by atoms with van der Waals surface area (Å²) in [6, 6.07) is 16.4. The molecule has 0 aromatic heterocycles. The average Bonchev–Trinajstić information content (AvgIpc) is 3.13. The minimum atomic E-state index is -1.43. The molecule has 0 aliphatic rings. The highest BCUT2D eigenvalue weighted by Gasteiger charge is 2.32. The van der Waals surface area contributed by atoms with Crippen LogP contribution in [0.2, 0.25) is 0 Å². The lowest BCUT2D eigenvalue weighted by molar-refractivity contribution is -0.137. The van der Waals surface area contributed by atoms with Crippen LogP contribution in [-0.2, 0) is 32.2 Å². The fraction of sp³-hybridized carbons (Fsp3) is 0.450. The molecule has 11 nitrogen and oxygen atoms in total. The van der Waals surface area contributed by atoms with Crippen molar-refractivity contribution < 1.29 is 42.5 Å². The predicted octanol–water partition coefficient (Wildman–Crippen LogP) is 4.77. The molecule has 0 bridgehead atoms. The quantitative estimate of drug-likeness (QED) is 0.123. The summed E-state index contributed by atoms with van der Waals surface area (Å²) in [6.45, 7) is 8.34. The van der Waals surface area contributed by atoms with E-state index >= 15 is 0 Å². The van der Waals surface area contributed by atoms with E-state index in [2.05, 4.69) is 16.0 Å². The normalized spacial score (nSPS) is 13.5. The number of aliphatic hydroxyl groups excluding tert-OH is 1. The third-order valence-corrected chi connectivity index (χ3v) is 8.50. The van der Waals surface area contributed by atoms with Crippen molar-refractivity contribution in [1.29, 1.82) is 0 Å². The summed E-state index contributed by atoms with van der Waals surface area (Å²) in [5, 5.41) is 19.7. The second kappa shape index (κ2) is 21.7. The number of hydrogen-bond acceptors (Lipinski definition) is 7. The number of carbonyl (C=O) groups excluding carboxylic acids is 4. The summed E-state index contributed by atoms with van der Waals surface area (Å²) >= 11 is 0. The maximum atomic E-state index is 13.8. The molecule has 0 spiro atoms. The third-order valence-electron chi connectivity index (χ3n) is 8.50. The molecule has 0 aliphatic heterocycles. The van der Waals surface area contributed by atoms with E-state index in [0.717, 1.165) is 36.6 Å². The lowest BCUT2D eigenvalue weighted by Crippen LogP contribution is -2.54. The van der Waals surface area contributed by atoms with Gasteiger partial charge in [0.2, 0.25) is 11.8 Å². The number of methoxy groups -OCH3 is 1. The number of carbonyl (C=O) groups is 4. The molecule has 3 rings (SSSR count). The Morgan fingerprint density at radius 2 is 1.45 bits per heavy atom. The van der Waals surface area contributed by atoms with Crippen LogP contribution in [0.25, 0.3) is 0 Å². The van der Waals surface area contributed by atoms with Crippen molar-refractivity contribution in [1.82, 2.24) is 20.9 Å². The molecule has 4 atom stereocenters. The van der Waals surface area contributed by atoms with Crippen molar-refractivity contribution in [3.63, 3.8) is 0 Å². The summed E-state index contributed by atoms with van der Waals surface area (Å²) < 4.78 is 38.7. The Balaban J connectivity index is 1.77. The van der Waals surface area contributed by atoms with Gasteiger partial charge in [-0.15, -0.1) is 0 Å². The van der Waals surface area contributed by atoms with Crippen LogP contribution in [0.3, 0.4) is 0 Å². The highest BCUT2D eigenvalue weighted by molar-refractivity contribution is 5.99. The Hall–Kier alpha value is -4.72. The molecular formula is C40H52F2N4O7. The van der Waals surface area contributed by atoms with Gasteiger partial charge in [-0.1, -0.05) is 64.1 Å². The molecule has 3 aromatic carbocycles. The van der Waals surface area contributed by atoms with Crippen LogP contribution in [0.4, 0.5) is 8.78 Å². The van der Waals surface area contributed by atoms with Gasteiger partial charge in [-0.2, -0.15) is 0 Å². The summed E-state index contributed by atoms with van der Waals surface area (Å²) in [5.41, 5.74) is 1.55. The summed E-state index contributed by atoms with van der Waals surface area (Å²) in [5.74, 6) is -3.76. The van der Waals surface area contributed by atoms with Crippen molar-refractivity contribution in [2.45, 2.75) is 84.4 Å². The number of ether oxygens (including phenoxy) is 2. The molecule has 0 heterocycles. The lowest BCUT2D eigenvalue weighted by Gasteiger charge is -2.28. The molecule has 0 aliphatic carbocycles. The third kappa shape index (κ3) is 13.6. The maximum absolute atomic E-state index is 13.8. The Labute approximate surface area is 310 Å². The Bertz CT molecular complexity index is 1620. The van der Waals surface area contributed by atoms with Crippen LogP contribution in [0.5, 0.6) is 0 Å². The number of nitrogens with zero attached hydrogens (tertiary/aromatic N) is 1. The van der Waals surface area contributed by atoms with Crippen LogP contribution < -0.4 is 16.0 Å². The largest absolute Gasteiger partial charge is 0.391 e. The highest BCUT2D eigenvalue weighted by atomic mass is 19.1. The van der Waals surface area contributed by atoms with Gasteiger partial charge in [0, 0.05) is 50.4 Å². The molecule has 4 amide bonds. The Morgan fingerprint density at radius 3 is 2.06 bits per heavy atom. The van der Waals surface area contributed by atoms with Crippen molar-refractivity contribution >= 4 is 23.6 Å². The van der Waals surface area contributed by atoms with E-state index in [1.165, 1.54) is 19.2 Å². The lowest BCUT2D eigenvalue weighted by atomic mass is 10.0. The Kier molecular flexibility index (Phi) is 17.5. The number of nitrogens with one attached hydrogen (secondary N) is 3. The van der Waals surface area contributed by atoms with E-state index in [4.69, 9.17) is 9.47 Å². The minimum absolute atomic E-state index is 0.149. The van der Waals surface area contributed by atoms with Gasteiger partial charge < -0.3 is 35.4 Å². The van der Waals surface area contributed by atoms with E-state index < -0.39 is 53.6 Å². The van der Waals surface area contributed by atoms with E-state index in [1.807, 2.05) is 44.2 Å². The molecule has 288 valence electrons. The SMILES string of the molecule is CCCN(CCC)C(=O)c1cccc(C(=O)N[C@@H](COCc2cc(F)cc(F)c2)[C@@H](O)C[C@@H](OC)C(=O)N[C@H](C(=O)NCc2ccccc2)C(C)C)c1. The monoisotopic (exact) mass is 738 g/mol. The topological polar surface area (TPSA) is 146 Å². The van der Waals surface area contributed by atoms with Crippen LogP contribution >= 0.6 is 0 Å². The molecule has 53 heavy (non-hydrogen) atoms. The van der Waals surface area contributed by atoms with Gasteiger partial charge in [0.1, 0.15) is 23.8 Å².